The Kier molecular flexibility index (Phi) is 12.7. The summed E-state index contributed by atoms with van der Waals surface area (Å²) in [6, 6.07) is 57.9. The van der Waals surface area contributed by atoms with E-state index in [1.54, 1.807) is 0 Å². The van der Waals surface area contributed by atoms with Gasteiger partial charge in [0.25, 0.3) is 0 Å². The van der Waals surface area contributed by atoms with Crippen molar-refractivity contribution in [2.24, 2.45) is 0 Å². The van der Waals surface area contributed by atoms with E-state index in [0.717, 1.165) is 10.4 Å². The fourth-order valence-corrected chi connectivity index (χ4v) is 17.9. The molecule has 0 saturated heterocycles. The molecule has 0 bridgehead atoms. The van der Waals surface area contributed by atoms with E-state index in [-0.39, 0.29) is 59.1 Å². The number of rotatable bonds is 10. The van der Waals surface area contributed by atoms with E-state index in [1.165, 1.54) is 0 Å². The van der Waals surface area contributed by atoms with E-state index in [9.17, 15) is 9.59 Å². The maximum atomic E-state index is 13.0. The quantitative estimate of drug-likeness (QED) is 0.219. The summed E-state index contributed by atoms with van der Waals surface area (Å²) in [6.07, 6.45) is 0. The van der Waals surface area contributed by atoms with Crippen LogP contribution in [-0.4, -0.2) is 94.4 Å². The zero-order valence-corrected chi connectivity index (χ0v) is 26.5. The summed E-state index contributed by atoms with van der Waals surface area (Å²) in [6.45, 7) is 0. The van der Waals surface area contributed by atoms with E-state index in [2.05, 4.69) is 0 Å². The molecule has 6 rings (SSSR count). The van der Waals surface area contributed by atoms with Crippen LogP contribution in [0.4, 0.5) is 0 Å². The molecule has 0 radical (unpaired) electrons. The molecule has 0 unspecified atom stereocenters. The molecule has 0 aliphatic carbocycles. The Hall–Kier alpha value is -2.19. The van der Waals surface area contributed by atoms with Gasteiger partial charge in [-0.3, -0.25) is 0 Å². The monoisotopic (exact) mass is 660 g/mol. The van der Waals surface area contributed by atoms with Crippen molar-refractivity contribution in [3.05, 3.63) is 182 Å². The Balaban J connectivity index is 0.00000230. The second-order valence-corrected chi connectivity index (χ2v) is 19.2. The molecule has 2 N–H and O–H groups in total. The van der Waals surface area contributed by atoms with Gasteiger partial charge in [0, 0.05) is 0 Å². The second kappa shape index (κ2) is 16.1. The third kappa shape index (κ3) is 7.53. The first kappa shape index (κ1) is 35.7. The summed E-state index contributed by atoms with van der Waals surface area (Å²) in [7, 11) is -11.8. The molecular weight excluding hydrogens is 627 g/mol. The van der Waals surface area contributed by atoms with Crippen molar-refractivity contribution in [3.8, 4) is 0 Å². The topological polar surface area (TPSA) is 58.9 Å². The first-order valence-corrected chi connectivity index (χ1v) is 19.8. The fraction of sp³-hybridized carbons (Fsp3) is 0. The van der Waals surface area contributed by atoms with Gasteiger partial charge in [0.2, 0.25) is 0 Å². The Bertz CT molecular complexity index is 1530. The number of hydrogen-bond donors (Lipinski definition) is 2. The van der Waals surface area contributed by atoms with E-state index < -0.39 is 25.7 Å². The SMILES string of the molecule is O[Si](O[Si](O[Si](O)(c1ccccc1)c1ccccc1)(c1ccccc1)c1ccccc1)(c1ccccc1)c1ccccc1.[NaH].[NaH]. The first-order chi connectivity index (χ1) is 21.0. The van der Waals surface area contributed by atoms with Crippen molar-refractivity contribution in [1.82, 2.24) is 0 Å². The molecule has 0 fully saturated rings. The van der Waals surface area contributed by atoms with Gasteiger partial charge in [0.1, 0.15) is 0 Å². The van der Waals surface area contributed by atoms with Crippen molar-refractivity contribution < 1.29 is 17.8 Å². The van der Waals surface area contributed by atoms with E-state index in [4.69, 9.17) is 8.23 Å². The Morgan fingerprint density at radius 3 is 0.667 bits per heavy atom. The van der Waals surface area contributed by atoms with Gasteiger partial charge in [0.05, 0.1) is 0 Å². The van der Waals surface area contributed by atoms with Crippen molar-refractivity contribution >= 4 is 116 Å². The van der Waals surface area contributed by atoms with Crippen molar-refractivity contribution in [2.75, 3.05) is 0 Å². The molecule has 9 heteroatoms. The molecule has 6 aromatic carbocycles. The summed E-state index contributed by atoms with van der Waals surface area (Å²) in [5.41, 5.74) is 0. The van der Waals surface area contributed by atoms with Crippen LogP contribution in [0.25, 0.3) is 0 Å². The van der Waals surface area contributed by atoms with Gasteiger partial charge in [-0.1, -0.05) is 182 Å². The van der Waals surface area contributed by atoms with Crippen LogP contribution in [0.15, 0.2) is 182 Å². The second-order valence-electron chi connectivity index (χ2n) is 10.3. The molecule has 0 atom stereocenters. The molecule has 0 aliphatic heterocycles. The molecule has 0 spiro atoms. The van der Waals surface area contributed by atoms with Crippen LogP contribution in [-0.2, 0) is 8.23 Å². The predicted molar refractivity (Wildman–Crippen MR) is 195 cm³/mol. The third-order valence-corrected chi connectivity index (χ3v) is 18.9. The average Bonchev–Trinajstić information content (AvgIpc) is 3.10. The molecule has 6 aromatic rings. The summed E-state index contributed by atoms with van der Waals surface area (Å²) in [4.78, 5) is 25.9. The average molecular weight is 661 g/mol. The Morgan fingerprint density at radius 2 is 0.467 bits per heavy atom. The molecule has 216 valence electrons. The molecular formula is C36H34Na2O4Si3. The number of hydrogen-bond acceptors (Lipinski definition) is 4. The normalized spacial score (nSPS) is 11.6. The molecule has 0 amide bonds. The van der Waals surface area contributed by atoms with E-state index in [0.29, 0.717) is 20.7 Å². The zero-order chi connectivity index (χ0) is 29.6. The third-order valence-electron chi connectivity index (χ3n) is 7.55. The zero-order valence-electron chi connectivity index (χ0n) is 23.5. The predicted octanol–water partition coefficient (Wildman–Crippen LogP) is 1.48. The van der Waals surface area contributed by atoms with Gasteiger partial charge in [0.15, 0.2) is 0 Å². The number of benzene rings is 6. The Labute approximate surface area is 312 Å². The minimum atomic E-state index is -3.96. The standard InChI is InChI=1S/C36H32O4Si3.2Na.2H/c37-41(31-19-7-1-8-20-31,32-21-9-2-10-22-32)39-43(35-27-15-5-16-28-35,36-29-17-6-18-30-36)40-42(38,33-23-11-3-12-24-33)34-25-13-4-14-26-34;;;;/h1-30,37-38H;;;;. The van der Waals surface area contributed by atoms with Crippen LogP contribution in [0, 0.1) is 0 Å². The van der Waals surface area contributed by atoms with E-state index >= 15 is 0 Å². The van der Waals surface area contributed by atoms with Crippen LogP contribution in [0.2, 0.25) is 0 Å². The summed E-state index contributed by atoms with van der Waals surface area (Å²) >= 11 is 0. The van der Waals surface area contributed by atoms with Gasteiger partial charge in [-0.15, -0.1) is 0 Å². The van der Waals surface area contributed by atoms with Gasteiger partial charge < -0.3 is 17.8 Å². The fourth-order valence-electron chi connectivity index (χ4n) is 5.38. The van der Waals surface area contributed by atoms with Gasteiger partial charge in [-0.2, -0.15) is 0 Å². The van der Waals surface area contributed by atoms with Crippen LogP contribution in [0.1, 0.15) is 0 Å². The molecule has 0 aliphatic rings. The summed E-state index contributed by atoms with van der Waals surface area (Å²) < 4.78 is 14.8. The minimum absolute atomic E-state index is 0. The molecule has 45 heavy (non-hydrogen) atoms. The van der Waals surface area contributed by atoms with Crippen LogP contribution in [0.5, 0.6) is 0 Å². The molecule has 0 heterocycles. The molecule has 0 aromatic heterocycles. The first-order valence-electron chi connectivity index (χ1n) is 14.2. The van der Waals surface area contributed by atoms with E-state index in [1.807, 2.05) is 182 Å². The summed E-state index contributed by atoms with van der Waals surface area (Å²) in [5, 5.41) is 4.35. The van der Waals surface area contributed by atoms with Gasteiger partial charge in [-0.05, 0) is 31.1 Å². The van der Waals surface area contributed by atoms with Crippen molar-refractivity contribution in [2.45, 2.75) is 0 Å². The summed E-state index contributed by atoms with van der Waals surface area (Å²) in [5.74, 6) is 0. The van der Waals surface area contributed by atoms with Crippen molar-refractivity contribution in [1.29, 1.82) is 0 Å². The van der Waals surface area contributed by atoms with Crippen LogP contribution < -0.4 is 31.1 Å². The van der Waals surface area contributed by atoms with Crippen LogP contribution in [0.3, 0.4) is 0 Å². The maximum absolute atomic E-state index is 13.0. The van der Waals surface area contributed by atoms with Gasteiger partial charge >= 0.3 is 84.8 Å². The molecule has 0 saturated carbocycles. The van der Waals surface area contributed by atoms with Gasteiger partial charge in [-0.25, -0.2) is 0 Å². The molecule has 4 nitrogen and oxygen atoms in total. The van der Waals surface area contributed by atoms with Crippen molar-refractivity contribution in [3.63, 3.8) is 0 Å². The Morgan fingerprint density at radius 1 is 0.289 bits per heavy atom. The van der Waals surface area contributed by atoms with Crippen LogP contribution >= 0.6 is 0 Å².